The van der Waals surface area contributed by atoms with E-state index in [-0.39, 0.29) is 17.5 Å². The lowest BCUT2D eigenvalue weighted by Gasteiger charge is -2.16. The molecule has 0 bridgehead atoms. The van der Waals surface area contributed by atoms with Crippen LogP contribution in [0, 0.1) is 0 Å². The van der Waals surface area contributed by atoms with Crippen molar-refractivity contribution in [3.8, 4) is 5.75 Å². The molecule has 0 saturated heterocycles. The Bertz CT molecular complexity index is 1240. The van der Waals surface area contributed by atoms with Crippen LogP contribution in [0.3, 0.4) is 0 Å². The molecule has 0 aliphatic carbocycles. The van der Waals surface area contributed by atoms with Crippen molar-refractivity contribution in [1.82, 2.24) is 0 Å². The van der Waals surface area contributed by atoms with Gasteiger partial charge in [-0.3, -0.25) is 9.59 Å². The minimum absolute atomic E-state index is 0.242. The summed E-state index contributed by atoms with van der Waals surface area (Å²) in [6.45, 7) is 6.43. The number of hydrogen-bond acceptors (Lipinski definition) is 4. The van der Waals surface area contributed by atoms with E-state index in [4.69, 9.17) is 4.74 Å². The number of imide groups is 1. The number of unbranched alkanes of at least 4 members (excludes halogenated alkanes) is 1. The van der Waals surface area contributed by atoms with Crippen LogP contribution in [0.5, 0.6) is 5.75 Å². The zero-order valence-electron chi connectivity index (χ0n) is 20.8. The Morgan fingerprint density at radius 2 is 1.57 bits per heavy atom. The van der Waals surface area contributed by atoms with E-state index < -0.39 is 0 Å². The Kier molecular flexibility index (Phi) is 7.35. The van der Waals surface area contributed by atoms with E-state index >= 15 is 0 Å². The van der Waals surface area contributed by atoms with E-state index in [1.165, 1.54) is 16.0 Å². The molecule has 0 atom stereocenters. The number of carbonyl (C=O) groups is 2. The van der Waals surface area contributed by atoms with Crippen molar-refractivity contribution in [3.63, 3.8) is 0 Å². The molecule has 35 heavy (non-hydrogen) atoms. The largest absolute Gasteiger partial charge is 0.496 e. The average Bonchev–Trinajstić information content (AvgIpc) is 3.12. The Labute approximate surface area is 207 Å². The first-order valence-corrected chi connectivity index (χ1v) is 12.2. The summed E-state index contributed by atoms with van der Waals surface area (Å²) in [6.07, 6.45) is 3.19. The molecule has 0 aromatic heterocycles. The first kappa shape index (κ1) is 24.3. The molecule has 0 fully saturated rings. The molecular formula is C30H32N2O3. The third kappa shape index (κ3) is 4.99. The highest BCUT2D eigenvalue weighted by Crippen LogP contribution is 2.37. The summed E-state index contributed by atoms with van der Waals surface area (Å²) in [7, 11) is 1.56. The van der Waals surface area contributed by atoms with Crippen molar-refractivity contribution in [2.24, 2.45) is 0 Å². The second-order valence-corrected chi connectivity index (χ2v) is 9.07. The lowest BCUT2D eigenvalue weighted by molar-refractivity contribution is -0.120. The van der Waals surface area contributed by atoms with Crippen molar-refractivity contribution < 1.29 is 14.3 Å². The molecule has 0 saturated carbocycles. The van der Waals surface area contributed by atoms with E-state index in [1.54, 1.807) is 19.2 Å². The zero-order valence-corrected chi connectivity index (χ0v) is 20.8. The minimum atomic E-state index is -0.384. The standard InChI is InChI=1S/C30H32N2O3/c1-5-6-9-21-12-18-24(19-13-21)32-29(33)27(25-10-7-8-11-26(25)35-4)28(30(32)34)31-23-16-14-22(15-17-23)20(2)3/h7-8,10-20,31H,5-6,9H2,1-4H3. The number of methoxy groups -OCH3 is 1. The topological polar surface area (TPSA) is 58.6 Å². The molecule has 1 aliphatic rings. The number of amides is 2. The van der Waals surface area contributed by atoms with Gasteiger partial charge in [-0.2, -0.15) is 0 Å². The van der Waals surface area contributed by atoms with Crippen LogP contribution in [0.2, 0.25) is 0 Å². The van der Waals surface area contributed by atoms with Gasteiger partial charge in [-0.25, -0.2) is 4.90 Å². The lowest BCUT2D eigenvalue weighted by Crippen LogP contribution is -2.32. The lowest BCUT2D eigenvalue weighted by atomic mass is 10.0. The smallest absolute Gasteiger partial charge is 0.282 e. The molecule has 180 valence electrons. The highest BCUT2D eigenvalue weighted by Gasteiger charge is 2.41. The molecule has 3 aromatic carbocycles. The number of hydrogen-bond donors (Lipinski definition) is 1. The fraction of sp³-hybridized carbons (Fsp3) is 0.267. The van der Waals surface area contributed by atoms with Gasteiger partial charge in [0.15, 0.2) is 0 Å². The van der Waals surface area contributed by atoms with Crippen LogP contribution in [0.25, 0.3) is 5.57 Å². The minimum Gasteiger partial charge on any atom is -0.496 e. The Morgan fingerprint density at radius 1 is 0.886 bits per heavy atom. The maximum Gasteiger partial charge on any atom is 0.282 e. The summed E-state index contributed by atoms with van der Waals surface area (Å²) in [6, 6.07) is 22.9. The summed E-state index contributed by atoms with van der Waals surface area (Å²) in [5, 5.41) is 3.24. The summed E-state index contributed by atoms with van der Waals surface area (Å²) < 4.78 is 5.53. The fourth-order valence-corrected chi connectivity index (χ4v) is 4.27. The summed E-state index contributed by atoms with van der Waals surface area (Å²) in [4.78, 5) is 28.7. The van der Waals surface area contributed by atoms with Crippen molar-refractivity contribution in [2.75, 3.05) is 17.3 Å². The average molecular weight is 469 g/mol. The van der Waals surface area contributed by atoms with Gasteiger partial charge >= 0.3 is 0 Å². The van der Waals surface area contributed by atoms with Crippen molar-refractivity contribution in [3.05, 3.63) is 95.2 Å². The van der Waals surface area contributed by atoms with Gasteiger partial charge in [0, 0.05) is 11.3 Å². The molecule has 1 N–H and O–H groups in total. The molecule has 1 heterocycles. The predicted molar refractivity (Wildman–Crippen MR) is 142 cm³/mol. The van der Waals surface area contributed by atoms with Crippen LogP contribution in [0.1, 0.15) is 56.2 Å². The number of carbonyl (C=O) groups excluding carboxylic acids is 2. The fourth-order valence-electron chi connectivity index (χ4n) is 4.27. The van der Waals surface area contributed by atoms with Gasteiger partial charge in [-0.05, 0) is 60.2 Å². The molecule has 0 radical (unpaired) electrons. The van der Waals surface area contributed by atoms with Gasteiger partial charge < -0.3 is 10.1 Å². The van der Waals surface area contributed by atoms with Gasteiger partial charge in [-0.15, -0.1) is 0 Å². The van der Waals surface area contributed by atoms with Crippen molar-refractivity contribution in [1.29, 1.82) is 0 Å². The Morgan fingerprint density at radius 3 is 2.20 bits per heavy atom. The number of ether oxygens (including phenoxy) is 1. The van der Waals surface area contributed by atoms with Crippen LogP contribution in [0.15, 0.2) is 78.5 Å². The molecular weight excluding hydrogens is 436 g/mol. The number of benzene rings is 3. The molecule has 4 rings (SSSR count). The second kappa shape index (κ2) is 10.6. The van der Waals surface area contributed by atoms with Gasteiger partial charge in [0.2, 0.25) is 0 Å². The highest BCUT2D eigenvalue weighted by atomic mass is 16.5. The molecule has 2 amide bonds. The number of anilines is 2. The number of rotatable bonds is 9. The van der Waals surface area contributed by atoms with Gasteiger partial charge in [0.05, 0.1) is 18.4 Å². The molecule has 5 heteroatoms. The zero-order chi connectivity index (χ0) is 24.9. The summed E-state index contributed by atoms with van der Waals surface area (Å²) in [5.41, 5.74) is 4.82. The quantitative estimate of drug-likeness (QED) is 0.362. The monoisotopic (exact) mass is 468 g/mol. The van der Waals surface area contributed by atoms with Gasteiger partial charge in [0.25, 0.3) is 11.8 Å². The van der Waals surface area contributed by atoms with Crippen LogP contribution in [0.4, 0.5) is 11.4 Å². The maximum absolute atomic E-state index is 13.7. The Hall–Kier alpha value is -3.86. The number of aryl methyl sites for hydroxylation is 1. The first-order valence-electron chi connectivity index (χ1n) is 12.2. The van der Waals surface area contributed by atoms with Gasteiger partial charge in [-0.1, -0.05) is 69.7 Å². The van der Waals surface area contributed by atoms with E-state index in [0.29, 0.717) is 28.5 Å². The first-order chi connectivity index (χ1) is 16.9. The highest BCUT2D eigenvalue weighted by molar-refractivity contribution is 6.46. The van der Waals surface area contributed by atoms with Gasteiger partial charge in [0.1, 0.15) is 11.4 Å². The van der Waals surface area contributed by atoms with E-state index in [9.17, 15) is 9.59 Å². The third-order valence-corrected chi connectivity index (χ3v) is 6.32. The van der Waals surface area contributed by atoms with Crippen molar-refractivity contribution >= 4 is 28.8 Å². The van der Waals surface area contributed by atoms with Crippen molar-refractivity contribution in [2.45, 2.75) is 46.0 Å². The van der Waals surface area contributed by atoms with E-state index in [2.05, 4.69) is 26.1 Å². The molecule has 1 aliphatic heterocycles. The normalized spacial score (nSPS) is 13.7. The number of para-hydroxylation sites is 1. The molecule has 5 nitrogen and oxygen atoms in total. The summed E-state index contributed by atoms with van der Waals surface area (Å²) >= 11 is 0. The molecule has 3 aromatic rings. The SMILES string of the molecule is CCCCc1ccc(N2C(=O)C(Nc3ccc(C(C)C)cc3)=C(c3ccccc3OC)C2=O)cc1. The molecule has 0 unspecified atom stereocenters. The predicted octanol–water partition coefficient (Wildman–Crippen LogP) is 6.56. The summed E-state index contributed by atoms with van der Waals surface area (Å²) in [5.74, 6) is 0.181. The molecule has 0 spiro atoms. The van der Waals surface area contributed by atoms with Crippen LogP contribution < -0.4 is 15.0 Å². The number of nitrogens with one attached hydrogen (secondary N) is 1. The second-order valence-electron chi connectivity index (χ2n) is 9.07. The third-order valence-electron chi connectivity index (χ3n) is 6.32. The van der Waals surface area contributed by atoms with E-state index in [0.717, 1.165) is 24.9 Å². The van der Waals surface area contributed by atoms with Crippen LogP contribution >= 0.6 is 0 Å². The van der Waals surface area contributed by atoms with E-state index in [1.807, 2.05) is 60.7 Å². The number of nitrogens with zero attached hydrogens (tertiary/aromatic N) is 1. The van der Waals surface area contributed by atoms with Crippen LogP contribution in [-0.4, -0.2) is 18.9 Å². The maximum atomic E-state index is 13.7. The van der Waals surface area contributed by atoms with Crippen LogP contribution in [-0.2, 0) is 16.0 Å². The Balaban J connectivity index is 1.74.